The van der Waals surface area contributed by atoms with E-state index in [0.29, 0.717) is 12.5 Å². The molecule has 29 heavy (non-hydrogen) atoms. The summed E-state index contributed by atoms with van der Waals surface area (Å²) in [5, 5.41) is 0. The maximum absolute atomic E-state index is 13.5. The van der Waals surface area contributed by atoms with Gasteiger partial charge in [0.25, 0.3) is 0 Å². The summed E-state index contributed by atoms with van der Waals surface area (Å²) in [5.41, 5.74) is 3.23. The summed E-state index contributed by atoms with van der Waals surface area (Å²) >= 11 is 0. The number of halogens is 1. The van der Waals surface area contributed by atoms with E-state index in [4.69, 9.17) is 0 Å². The first-order valence-electron chi connectivity index (χ1n) is 10.5. The van der Waals surface area contributed by atoms with Gasteiger partial charge in [0.15, 0.2) is 0 Å². The zero-order valence-corrected chi connectivity index (χ0v) is 16.4. The normalized spacial score (nSPS) is 25.8. The predicted molar refractivity (Wildman–Crippen MR) is 108 cm³/mol. The monoisotopic (exact) mass is 392 g/mol. The van der Waals surface area contributed by atoms with Crippen molar-refractivity contribution in [3.8, 4) is 0 Å². The lowest BCUT2D eigenvalue weighted by molar-refractivity contribution is -0.151. The first-order chi connectivity index (χ1) is 14.1. The fraction of sp³-hybridized carbons (Fsp3) is 0.417. The first-order valence-corrected chi connectivity index (χ1v) is 10.5. The van der Waals surface area contributed by atoms with E-state index in [2.05, 4.69) is 12.1 Å². The van der Waals surface area contributed by atoms with E-state index < -0.39 is 0 Å². The summed E-state index contributed by atoms with van der Waals surface area (Å²) < 4.78 is 13.5. The largest absolute Gasteiger partial charge is 0.342 e. The van der Waals surface area contributed by atoms with Gasteiger partial charge in [-0.05, 0) is 54.0 Å². The molecule has 0 N–H and O–H groups in total. The lowest BCUT2D eigenvalue weighted by Crippen LogP contribution is -2.53. The van der Waals surface area contributed by atoms with Crippen LogP contribution in [0.4, 0.5) is 4.39 Å². The van der Waals surface area contributed by atoms with Crippen LogP contribution in [-0.2, 0) is 16.0 Å². The van der Waals surface area contributed by atoms with Crippen LogP contribution in [0.1, 0.15) is 42.0 Å². The van der Waals surface area contributed by atoms with Crippen molar-refractivity contribution in [3.05, 3.63) is 71.0 Å². The summed E-state index contributed by atoms with van der Waals surface area (Å²) in [6.07, 6.45) is 3.09. The van der Waals surface area contributed by atoms with Crippen molar-refractivity contribution in [1.82, 2.24) is 9.80 Å². The zero-order chi connectivity index (χ0) is 20.0. The molecule has 0 aliphatic carbocycles. The Labute approximate surface area is 170 Å². The van der Waals surface area contributed by atoms with Gasteiger partial charge in [0, 0.05) is 32.0 Å². The van der Waals surface area contributed by atoms with Crippen molar-refractivity contribution in [1.29, 1.82) is 0 Å². The van der Waals surface area contributed by atoms with Crippen molar-refractivity contribution in [2.75, 3.05) is 19.6 Å². The number of carbonyl (C=O) groups is 2. The van der Waals surface area contributed by atoms with Crippen LogP contribution in [0.15, 0.2) is 48.5 Å². The van der Waals surface area contributed by atoms with Crippen LogP contribution < -0.4 is 0 Å². The van der Waals surface area contributed by atoms with Gasteiger partial charge in [-0.1, -0.05) is 36.4 Å². The molecule has 4 aliphatic heterocycles. The second-order valence-electron chi connectivity index (χ2n) is 8.46. The Kier molecular flexibility index (Phi) is 4.61. The van der Waals surface area contributed by atoms with E-state index in [0.717, 1.165) is 43.5 Å². The molecule has 6 rings (SSSR count). The Morgan fingerprint density at radius 3 is 2.45 bits per heavy atom. The minimum atomic E-state index is -0.284. The Balaban J connectivity index is 1.45. The fourth-order valence-corrected chi connectivity index (χ4v) is 5.36. The molecule has 3 saturated heterocycles. The summed E-state index contributed by atoms with van der Waals surface area (Å²) in [7, 11) is 0. The standard InChI is InChI=1S/C24H25FN2O2/c25-19-7-5-18(6-8-19)23-20-4-2-1-3-16(20)11-14-27(23)22(28)15-21-17-9-12-26(13-10-17)24(21)29/h1-8,17,21,23H,9-15H2/t21-,23-/m0/s1. The number of nitrogens with zero attached hydrogens (tertiary/aromatic N) is 2. The highest BCUT2D eigenvalue weighted by Gasteiger charge is 2.43. The summed E-state index contributed by atoms with van der Waals surface area (Å²) in [6.45, 7) is 2.29. The van der Waals surface area contributed by atoms with Crippen LogP contribution in [0.2, 0.25) is 0 Å². The van der Waals surface area contributed by atoms with E-state index in [9.17, 15) is 14.0 Å². The quantitative estimate of drug-likeness (QED) is 0.801. The molecule has 0 unspecified atom stereocenters. The maximum atomic E-state index is 13.5. The van der Waals surface area contributed by atoms with Crippen molar-refractivity contribution in [3.63, 3.8) is 0 Å². The molecule has 5 heteroatoms. The Morgan fingerprint density at radius 1 is 1.00 bits per heavy atom. The molecule has 2 aromatic carbocycles. The Hall–Kier alpha value is -2.69. The second kappa shape index (κ2) is 7.29. The zero-order valence-electron chi connectivity index (χ0n) is 16.4. The molecule has 2 bridgehead atoms. The number of fused-ring (bicyclic) bond motifs is 4. The molecule has 0 saturated carbocycles. The molecule has 2 atom stereocenters. The summed E-state index contributed by atoms with van der Waals surface area (Å²) in [5.74, 6) is 0.0416. The first kappa shape index (κ1) is 18.3. The lowest BCUT2D eigenvalue weighted by atomic mass is 9.76. The van der Waals surface area contributed by atoms with Gasteiger partial charge in [-0.2, -0.15) is 0 Å². The number of piperidine rings is 3. The van der Waals surface area contributed by atoms with Gasteiger partial charge in [-0.3, -0.25) is 9.59 Å². The van der Waals surface area contributed by atoms with Gasteiger partial charge in [-0.25, -0.2) is 4.39 Å². The summed E-state index contributed by atoms with van der Waals surface area (Å²) in [4.78, 5) is 30.0. The van der Waals surface area contributed by atoms with Gasteiger partial charge in [0.1, 0.15) is 5.82 Å². The van der Waals surface area contributed by atoms with E-state index >= 15 is 0 Å². The van der Waals surface area contributed by atoms with Crippen LogP contribution in [0, 0.1) is 17.7 Å². The average Bonchev–Trinajstić information content (AvgIpc) is 2.76. The highest BCUT2D eigenvalue weighted by Crippen LogP contribution is 2.39. The van der Waals surface area contributed by atoms with Gasteiger partial charge >= 0.3 is 0 Å². The molecular weight excluding hydrogens is 367 g/mol. The molecule has 4 aliphatic rings. The average molecular weight is 392 g/mol. The fourth-order valence-electron chi connectivity index (χ4n) is 5.36. The Bertz CT molecular complexity index is 934. The number of hydrogen-bond donors (Lipinski definition) is 0. The van der Waals surface area contributed by atoms with Crippen LogP contribution in [0.3, 0.4) is 0 Å². The van der Waals surface area contributed by atoms with E-state index in [1.165, 1.54) is 17.7 Å². The lowest BCUT2D eigenvalue weighted by Gasteiger charge is -2.45. The molecule has 2 aromatic rings. The predicted octanol–water partition coefficient (Wildman–Crippen LogP) is 3.56. The molecule has 2 amide bonds. The molecule has 4 nitrogen and oxygen atoms in total. The van der Waals surface area contributed by atoms with E-state index in [1.54, 1.807) is 12.1 Å². The molecule has 0 radical (unpaired) electrons. The van der Waals surface area contributed by atoms with Crippen LogP contribution in [0.25, 0.3) is 0 Å². The highest BCUT2D eigenvalue weighted by molar-refractivity contribution is 5.87. The minimum Gasteiger partial charge on any atom is -0.342 e. The maximum Gasteiger partial charge on any atom is 0.226 e. The van der Waals surface area contributed by atoms with Crippen LogP contribution in [0.5, 0.6) is 0 Å². The topological polar surface area (TPSA) is 40.6 Å². The van der Waals surface area contributed by atoms with Crippen molar-refractivity contribution < 1.29 is 14.0 Å². The van der Waals surface area contributed by atoms with Gasteiger partial charge in [-0.15, -0.1) is 0 Å². The van der Waals surface area contributed by atoms with Crippen LogP contribution >= 0.6 is 0 Å². The van der Waals surface area contributed by atoms with Crippen molar-refractivity contribution in [2.24, 2.45) is 11.8 Å². The number of amides is 2. The third-order valence-electron chi connectivity index (χ3n) is 6.92. The molecule has 150 valence electrons. The van der Waals surface area contributed by atoms with E-state index in [1.807, 2.05) is 21.9 Å². The van der Waals surface area contributed by atoms with Gasteiger partial charge in [0.05, 0.1) is 6.04 Å². The van der Waals surface area contributed by atoms with Gasteiger partial charge < -0.3 is 9.80 Å². The number of hydrogen-bond acceptors (Lipinski definition) is 2. The third kappa shape index (κ3) is 3.22. The second-order valence-corrected chi connectivity index (χ2v) is 8.46. The van der Waals surface area contributed by atoms with Crippen molar-refractivity contribution >= 4 is 11.8 Å². The number of benzene rings is 2. The Morgan fingerprint density at radius 2 is 1.72 bits per heavy atom. The van der Waals surface area contributed by atoms with Crippen LogP contribution in [-0.4, -0.2) is 41.2 Å². The molecule has 0 spiro atoms. The molecule has 0 aromatic heterocycles. The molecular formula is C24H25FN2O2. The number of carbonyl (C=O) groups excluding carboxylic acids is 2. The smallest absolute Gasteiger partial charge is 0.226 e. The SMILES string of the molecule is O=C1[C@@H](CC(=O)N2CCc3ccccc3[C@@H]2c2ccc(F)cc2)C2CCN1CC2. The number of rotatable bonds is 3. The highest BCUT2D eigenvalue weighted by atomic mass is 19.1. The van der Waals surface area contributed by atoms with Crippen molar-refractivity contribution in [2.45, 2.75) is 31.7 Å². The van der Waals surface area contributed by atoms with E-state index in [-0.39, 0.29) is 36.0 Å². The summed E-state index contributed by atoms with van der Waals surface area (Å²) in [6, 6.07) is 14.4. The minimum absolute atomic E-state index is 0.0286. The molecule has 3 fully saturated rings. The van der Waals surface area contributed by atoms with Gasteiger partial charge in [0.2, 0.25) is 11.8 Å². The molecule has 4 heterocycles. The third-order valence-corrected chi connectivity index (χ3v) is 6.92.